The molecule has 0 bridgehead atoms. The largest absolute Gasteiger partial charge is 0.393 e. The molecule has 1 saturated heterocycles. The van der Waals surface area contributed by atoms with Crippen LogP contribution < -0.4 is 5.32 Å². The molecule has 0 aromatic rings. The molecule has 18 heavy (non-hydrogen) atoms. The lowest BCUT2D eigenvalue weighted by atomic mass is 9.86. The number of aliphatic hydroxyl groups is 1. The van der Waals surface area contributed by atoms with Crippen molar-refractivity contribution in [3.05, 3.63) is 0 Å². The smallest absolute Gasteiger partial charge is 0.239 e. The number of nitrogens with one attached hydrogen (secondary N) is 1. The SMILES string of the molecule is CCNC1CCCN(CC2CCC(O)CC2)C1=O. The molecule has 0 aromatic heterocycles. The van der Waals surface area contributed by atoms with Crippen molar-refractivity contribution in [1.29, 1.82) is 0 Å². The van der Waals surface area contributed by atoms with E-state index in [-0.39, 0.29) is 18.1 Å². The van der Waals surface area contributed by atoms with Crippen molar-refractivity contribution in [1.82, 2.24) is 10.2 Å². The molecule has 1 aliphatic heterocycles. The summed E-state index contributed by atoms with van der Waals surface area (Å²) in [5, 5.41) is 12.8. The molecule has 1 unspecified atom stereocenters. The fraction of sp³-hybridized carbons (Fsp3) is 0.929. The van der Waals surface area contributed by atoms with Crippen molar-refractivity contribution in [2.24, 2.45) is 5.92 Å². The molecule has 0 aromatic carbocycles. The number of piperidine rings is 1. The van der Waals surface area contributed by atoms with Crippen molar-refractivity contribution in [2.45, 2.75) is 57.6 Å². The summed E-state index contributed by atoms with van der Waals surface area (Å²) in [5.41, 5.74) is 0. The fourth-order valence-corrected chi connectivity index (χ4v) is 3.20. The quantitative estimate of drug-likeness (QED) is 0.791. The maximum atomic E-state index is 12.3. The van der Waals surface area contributed by atoms with E-state index in [1.807, 2.05) is 4.90 Å². The summed E-state index contributed by atoms with van der Waals surface area (Å²) in [5.74, 6) is 0.881. The third kappa shape index (κ3) is 3.45. The van der Waals surface area contributed by atoms with Crippen LogP contribution >= 0.6 is 0 Å². The van der Waals surface area contributed by atoms with Gasteiger partial charge in [0.05, 0.1) is 12.1 Å². The molecule has 1 heterocycles. The van der Waals surface area contributed by atoms with Crippen LogP contribution in [0.1, 0.15) is 45.4 Å². The Morgan fingerprint density at radius 2 is 2.00 bits per heavy atom. The molecule has 2 N–H and O–H groups in total. The third-order valence-corrected chi connectivity index (χ3v) is 4.28. The molecule has 1 atom stereocenters. The fourth-order valence-electron chi connectivity index (χ4n) is 3.20. The Hall–Kier alpha value is -0.610. The minimum atomic E-state index is -0.104. The van der Waals surface area contributed by atoms with Crippen molar-refractivity contribution >= 4 is 5.91 Å². The van der Waals surface area contributed by atoms with Gasteiger partial charge in [0.2, 0.25) is 5.91 Å². The first-order chi connectivity index (χ1) is 8.70. The summed E-state index contributed by atoms with van der Waals surface area (Å²) in [6.45, 7) is 4.72. The molecule has 104 valence electrons. The van der Waals surface area contributed by atoms with Crippen LogP contribution in [0.5, 0.6) is 0 Å². The molecular weight excluding hydrogens is 228 g/mol. The second-order valence-corrected chi connectivity index (χ2v) is 5.71. The van der Waals surface area contributed by atoms with E-state index in [2.05, 4.69) is 12.2 Å². The van der Waals surface area contributed by atoms with Crippen LogP contribution in [0.15, 0.2) is 0 Å². The number of hydrogen-bond acceptors (Lipinski definition) is 3. The van der Waals surface area contributed by atoms with E-state index >= 15 is 0 Å². The summed E-state index contributed by atoms with van der Waals surface area (Å²) >= 11 is 0. The molecule has 2 fully saturated rings. The van der Waals surface area contributed by atoms with Gasteiger partial charge in [-0.15, -0.1) is 0 Å². The highest BCUT2D eigenvalue weighted by molar-refractivity contribution is 5.82. The summed E-state index contributed by atoms with van der Waals surface area (Å²) in [7, 11) is 0. The zero-order valence-corrected chi connectivity index (χ0v) is 11.4. The van der Waals surface area contributed by atoms with E-state index in [9.17, 15) is 9.90 Å². The number of amides is 1. The third-order valence-electron chi connectivity index (χ3n) is 4.28. The lowest BCUT2D eigenvalue weighted by Crippen LogP contribution is -2.52. The first-order valence-electron chi connectivity index (χ1n) is 7.41. The summed E-state index contributed by atoms with van der Waals surface area (Å²) < 4.78 is 0. The van der Waals surface area contributed by atoms with E-state index in [0.29, 0.717) is 5.92 Å². The van der Waals surface area contributed by atoms with Gasteiger partial charge < -0.3 is 15.3 Å². The van der Waals surface area contributed by atoms with Gasteiger partial charge in [-0.2, -0.15) is 0 Å². The van der Waals surface area contributed by atoms with Gasteiger partial charge in [0, 0.05) is 13.1 Å². The van der Waals surface area contributed by atoms with Crippen LogP contribution in [0, 0.1) is 5.92 Å². The van der Waals surface area contributed by atoms with Gasteiger partial charge in [-0.25, -0.2) is 0 Å². The first-order valence-corrected chi connectivity index (χ1v) is 7.41. The van der Waals surface area contributed by atoms with E-state index in [1.54, 1.807) is 0 Å². The number of likely N-dealkylation sites (tertiary alicyclic amines) is 1. The van der Waals surface area contributed by atoms with E-state index in [4.69, 9.17) is 0 Å². The molecule has 2 rings (SSSR count). The standard InChI is InChI=1S/C14H26N2O2/c1-2-15-13-4-3-9-16(14(13)18)10-11-5-7-12(17)8-6-11/h11-13,15,17H,2-10H2,1H3. The number of aliphatic hydroxyl groups excluding tert-OH is 1. The van der Waals surface area contributed by atoms with Crippen molar-refractivity contribution < 1.29 is 9.90 Å². The predicted molar refractivity (Wildman–Crippen MR) is 71.2 cm³/mol. The minimum Gasteiger partial charge on any atom is -0.393 e. The lowest BCUT2D eigenvalue weighted by Gasteiger charge is -2.36. The van der Waals surface area contributed by atoms with Gasteiger partial charge in [-0.1, -0.05) is 6.92 Å². The second kappa shape index (κ2) is 6.53. The van der Waals surface area contributed by atoms with Crippen LogP contribution in [-0.2, 0) is 4.79 Å². The summed E-state index contributed by atoms with van der Waals surface area (Å²) in [6, 6.07) is 0.0398. The van der Waals surface area contributed by atoms with Gasteiger partial charge in [0.25, 0.3) is 0 Å². The molecule has 1 amide bonds. The van der Waals surface area contributed by atoms with Gasteiger partial charge in [-0.3, -0.25) is 4.79 Å². The topological polar surface area (TPSA) is 52.6 Å². The van der Waals surface area contributed by atoms with Crippen molar-refractivity contribution in [3.63, 3.8) is 0 Å². The van der Waals surface area contributed by atoms with Gasteiger partial charge >= 0.3 is 0 Å². The Morgan fingerprint density at radius 3 is 2.67 bits per heavy atom. The van der Waals surface area contributed by atoms with Gasteiger partial charge in [-0.05, 0) is 51.0 Å². The predicted octanol–water partition coefficient (Wildman–Crippen LogP) is 1.14. The number of likely N-dealkylation sites (N-methyl/N-ethyl adjacent to an activating group) is 1. The normalized spacial score (nSPS) is 33.8. The summed E-state index contributed by atoms with van der Waals surface area (Å²) in [6.07, 6.45) is 5.93. The average Bonchev–Trinajstić information content (AvgIpc) is 2.37. The Balaban J connectivity index is 1.82. The number of carbonyl (C=O) groups excluding carboxylic acids is 1. The Bertz CT molecular complexity index is 273. The van der Waals surface area contributed by atoms with Gasteiger partial charge in [0.1, 0.15) is 0 Å². The van der Waals surface area contributed by atoms with Crippen LogP contribution in [0.25, 0.3) is 0 Å². The highest BCUT2D eigenvalue weighted by Crippen LogP contribution is 2.26. The van der Waals surface area contributed by atoms with Crippen LogP contribution in [0.3, 0.4) is 0 Å². The Labute approximate surface area is 110 Å². The second-order valence-electron chi connectivity index (χ2n) is 5.71. The molecule has 1 saturated carbocycles. The number of nitrogens with zero attached hydrogens (tertiary/aromatic N) is 1. The molecule has 0 spiro atoms. The lowest BCUT2D eigenvalue weighted by molar-refractivity contribution is -0.136. The maximum absolute atomic E-state index is 12.3. The Kier molecular flexibility index (Phi) is 5.01. The molecule has 0 radical (unpaired) electrons. The summed E-state index contributed by atoms with van der Waals surface area (Å²) in [4.78, 5) is 14.3. The zero-order valence-electron chi connectivity index (χ0n) is 11.4. The van der Waals surface area contributed by atoms with E-state index in [1.165, 1.54) is 0 Å². The highest BCUT2D eigenvalue weighted by atomic mass is 16.3. The first kappa shape index (κ1) is 13.8. The number of rotatable bonds is 4. The van der Waals surface area contributed by atoms with Crippen molar-refractivity contribution in [3.8, 4) is 0 Å². The van der Waals surface area contributed by atoms with Crippen LogP contribution in [0.2, 0.25) is 0 Å². The Morgan fingerprint density at radius 1 is 1.28 bits per heavy atom. The molecule has 1 aliphatic carbocycles. The maximum Gasteiger partial charge on any atom is 0.239 e. The molecule has 4 heteroatoms. The van der Waals surface area contributed by atoms with Gasteiger partial charge in [0.15, 0.2) is 0 Å². The monoisotopic (exact) mass is 254 g/mol. The number of carbonyl (C=O) groups is 1. The highest BCUT2D eigenvalue weighted by Gasteiger charge is 2.30. The average molecular weight is 254 g/mol. The van der Waals surface area contributed by atoms with E-state index < -0.39 is 0 Å². The number of hydrogen-bond donors (Lipinski definition) is 2. The minimum absolute atomic E-state index is 0.0398. The van der Waals surface area contributed by atoms with E-state index in [0.717, 1.165) is 58.2 Å². The van der Waals surface area contributed by atoms with Crippen LogP contribution in [0.4, 0.5) is 0 Å². The van der Waals surface area contributed by atoms with Crippen LogP contribution in [-0.4, -0.2) is 47.7 Å². The zero-order chi connectivity index (χ0) is 13.0. The van der Waals surface area contributed by atoms with Crippen molar-refractivity contribution in [2.75, 3.05) is 19.6 Å². The molecular formula is C14H26N2O2. The molecule has 4 nitrogen and oxygen atoms in total. The molecule has 2 aliphatic rings.